The molecule has 11 heavy (non-hydrogen) atoms. The normalized spacial score (nSPS) is 9.64. The van der Waals surface area contributed by atoms with E-state index in [-0.39, 0.29) is 5.76 Å². The van der Waals surface area contributed by atoms with E-state index in [0.29, 0.717) is 12.3 Å². The first-order valence-electron chi connectivity index (χ1n) is 3.31. The number of oxazole rings is 1. The quantitative estimate of drug-likeness (QED) is 0.598. The Morgan fingerprint density at radius 3 is 3.00 bits per heavy atom. The average Bonchev–Trinajstić information content (AvgIpc) is 2.50. The Hall–Kier alpha value is -1.32. The number of hydrogen-bond donors (Lipinski definition) is 0. The van der Waals surface area contributed by atoms with Crippen LogP contribution in [0, 0.1) is 0 Å². The molecule has 0 bridgehead atoms. The van der Waals surface area contributed by atoms with Gasteiger partial charge in [0.15, 0.2) is 5.89 Å². The number of aryl methyl sites for hydroxylation is 1. The highest BCUT2D eigenvalue weighted by Crippen LogP contribution is 2.04. The lowest BCUT2D eigenvalue weighted by Crippen LogP contribution is -1.98. The molecule has 0 aliphatic rings. The van der Waals surface area contributed by atoms with Gasteiger partial charge in [0, 0.05) is 6.42 Å². The van der Waals surface area contributed by atoms with Crippen LogP contribution in [0.5, 0.6) is 0 Å². The van der Waals surface area contributed by atoms with Crippen LogP contribution in [0.3, 0.4) is 0 Å². The largest absolute Gasteiger partial charge is 0.463 e. The van der Waals surface area contributed by atoms with Gasteiger partial charge in [-0.05, 0) is 0 Å². The monoisotopic (exact) mass is 155 g/mol. The molecular weight excluding hydrogens is 146 g/mol. The van der Waals surface area contributed by atoms with Crippen molar-refractivity contribution in [3.63, 3.8) is 0 Å². The van der Waals surface area contributed by atoms with Crippen molar-refractivity contribution in [1.29, 1.82) is 0 Å². The first-order chi connectivity index (χ1) is 5.27. The molecule has 0 aliphatic heterocycles. The van der Waals surface area contributed by atoms with Crippen molar-refractivity contribution in [2.75, 3.05) is 7.11 Å². The van der Waals surface area contributed by atoms with Crippen LogP contribution < -0.4 is 0 Å². The second-order valence-electron chi connectivity index (χ2n) is 1.96. The van der Waals surface area contributed by atoms with Crippen LogP contribution in [0.2, 0.25) is 0 Å². The summed E-state index contributed by atoms with van der Waals surface area (Å²) in [5, 5.41) is 0. The van der Waals surface area contributed by atoms with E-state index in [4.69, 9.17) is 4.42 Å². The van der Waals surface area contributed by atoms with Crippen molar-refractivity contribution in [3.05, 3.63) is 17.8 Å². The van der Waals surface area contributed by atoms with Crippen LogP contribution in [-0.2, 0) is 11.2 Å². The molecule has 0 amide bonds. The number of methoxy groups -OCH3 is 1. The molecule has 0 atom stereocenters. The minimum Gasteiger partial charge on any atom is -0.463 e. The number of carbonyl (C=O) groups excluding carboxylic acids is 1. The Kier molecular flexibility index (Phi) is 2.25. The van der Waals surface area contributed by atoms with Crippen LogP contribution >= 0.6 is 0 Å². The summed E-state index contributed by atoms with van der Waals surface area (Å²) in [6.45, 7) is 1.90. The fraction of sp³-hybridized carbons (Fsp3) is 0.429. The van der Waals surface area contributed by atoms with Gasteiger partial charge in [-0.2, -0.15) is 0 Å². The lowest BCUT2D eigenvalue weighted by Gasteiger charge is -1.90. The van der Waals surface area contributed by atoms with Crippen LogP contribution in [0.15, 0.2) is 10.6 Å². The Morgan fingerprint density at radius 2 is 2.55 bits per heavy atom. The molecule has 0 spiro atoms. The predicted molar refractivity (Wildman–Crippen MR) is 37.2 cm³/mol. The number of aromatic nitrogens is 1. The molecule has 0 N–H and O–H groups in total. The average molecular weight is 155 g/mol. The van der Waals surface area contributed by atoms with Gasteiger partial charge in [-0.3, -0.25) is 0 Å². The summed E-state index contributed by atoms with van der Waals surface area (Å²) in [5.41, 5.74) is 0. The predicted octanol–water partition coefficient (Wildman–Crippen LogP) is 1.02. The van der Waals surface area contributed by atoms with Gasteiger partial charge < -0.3 is 9.15 Å². The number of esters is 1. The zero-order valence-electron chi connectivity index (χ0n) is 6.46. The molecule has 4 heteroatoms. The summed E-state index contributed by atoms with van der Waals surface area (Å²) in [6, 6.07) is 0. The molecule has 0 aliphatic carbocycles. The number of carbonyl (C=O) groups is 1. The molecule has 0 radical (unpaired) electrons. The van der Waals surface area contributed by atoms with Crippen LogP contribution in [-0.4, -0.2) is 18.1 Å². The van der Waals surface area contributed by atoms with Gasteiger partial charge in [0.1, 0.15) is 0 Å². The summed E-state index contributed by atoms with van der Waals surface area (Å²) < 4.78 is 9.42. The first-order valence-corrected chi connectivity index (χ1v) is 3.31. The maximum Gasteiger partial charge on any atom is 0.375 e. The first kappa shape index (κ1) is 7.78. The van der Waals surface area contributed by atoms with E-state index in [1.807, 2.05) is 6.92 Å². The molecule has 1 aromatic rings. The molecule has 0 unspecified atom stereocenters. The summed E-state index contributed by atoms with van der Waals surface area (Å²) >= 11 is 0. The number of nitrogens with zero attached hydrogens (tertiary/aromatic N) is 1. The summed E-state index contributed by atoms with van der Waals surface area (Å²) in [7, 11) is 1.30. The standard InChI is InChI=1S/C7H9NO3/c1-3-6-8-4-5(11-6)7(9)10-2/h4H,3H2,1-2H3. The second-order valence-corrected chi connectivity index (χ2v) is 1.96. The lowest BCUT2D eigenvalue weighted by molar-refractivity contribution is 0.0563. The fourth-order valence-corrected chi connectivity index (χ4v) is 0.669. The van der Waals surface area contributed by atoms with Crippen molar-refractivity contribution in [3.8, 4) is 0 Å². The highest BCUT2D eigenvalue weighted by molar-refractivity contribution is 5.85. The molecule has 1 heterocycles. The number of rotatable bonds is 2. The molecule has 1 aromatic heterocycles. The van der Waals surface area contributed by atoms with E-state index < -0.39 is 5.97 Å². The number of ether oxygens (including phenoxy) is 1. The van der Waals surface area contributed by atoms with Crippen LogP contribution in [0.1, 0.15) is 23.4 Å². The van der Waals surface area contributed by atoms with Crippen molar-refractivity contribution in [2.45, 2.75) is 13.3 Å². The maximum absolute atomic E-state index is 10.8. The zero-order chi connectivity index (χ0) is 8.27. The van der Waals surface area contributed by atoms with Crippen molar-refractivity contribution < 1.29 is 13.9 Å². The van der Waals surface area contributed by atoms with Gasteiger partial charge in [-0.25, -0.2) is 9.78 Å². The third-order valence-electron chi connectivity index (χ3n) is 1.24. The Morgan fingerprint density at radius 1 is 1.82 bits per heavy atom. The van der Waals surface area contributed by atoms with Gasteiger partial charge in [0.2, 0.25) is 5.76 Å². The minimum atomic E-state index is -0.489. The molecule has 4 nitrogen and oxygen atoms in total. The second kappa shape index (κ2) is 3.18. The SMILES string of the molecule is CCc1ncc(C(=O)OC)o1. The molecule has 0 saturated carbocycles. The van der Waals surface area contributed by atoms with Crippen molar-refractivity contribution in [1.82, 2.24) is 4.98 Å². The van der Waals surface area contributed by atoms with E-state index in [1.165, 1.54) is 13.3 Å². The molecular formula is C7H9NO3. The molecule has 60 valence electrons. The third kappa shape index (κ3) is 1.58. The van der Waals surface area contributed by atoms with Gasteiger partial charge >= 0.3 is 5.97 Å². The zero-order valence-corrected chi connectivity index (χ0v) is 6.46. The van der Waals surface area contributed by atoms with Crippen LogP contribution in [0.25, 0.3) is 0 Å². The number of hydrogen-bond acceptors (Lipinski definition) is 4. The van der Waals surface area contributed by atoms with E-state index in [0.717, 1.165) is 0 Å². The van der Waals surface area contributed by atoms with Crippen molar-refractivity contribution >= 4 is 5.97 Å². The van der Waals surface area contributed by atoms with E-state index >= 15 is 0 Å². The Balaban J connectivity index is 2.80. The van der Waals surface area contributed by atoms with Gasteiger partial charge in [0.05, 0.1) is 13.3 Å². The smallest absolute Gasteiger partial charge is 0.375 e. The fourth-order valence-electron chi connectivity index (χ4n) is 0.669. The summed E-state index contributed by atoms with van der Waals surface area (Å²) in [6.07, 6.45) is 2.04. The molecule has 0 aromatic carbocycles. The topological polar surface area (TPSA) is 52.3 Å². The highest BCUT2D eigenvalue weighted by Gasteiger charge is 2.10. The van der Waals surface area contributed by atoms with Crippen LogP contribution in [0.4, 0.5) is 0 Å². The Labute approximate surface area is 64.2 Å². The molecule has 0 fully saturated rings. The van der Waals surface area contributed by atoms with E-state index in [1.54, 1.807) is 0 Å². The molecule has 0 saturated heterocycles. The lowest BCUT2D eigenvalue weighted by atomic mass is 10.5. The highest BCUT2D eigenvalue weighted by atomic mass is 16.5. The summed E-state index contributed by atoms with van der Waals surface area (Å²) in [5.74, 6) is 0.215. The molecule has 1 rings (SSSR count). The maximum atomic E-state index is 10.8. The third-order valence-corrected chi connectivity index (χ3v) is 1.24. The van der Waals surface area contributed by atoms with Gasteiger partial charge in [-0.15, -0.1) is 0 Å². The van der Waals surface area contributed by atoms with Gasteiger partial charge in [0.25, 0.3) is 0 Å². The van der Waals surface area contributed by atoms with Crippen molar-refractivity contribution in [2.24, 2.45) is 0 Å². The van der Waals surface area contributed by atoms with E-state index in [2.05, 4.69) is 9.72 Å². The van der Waals surface area contributed by atoms with Gasteiger partial charge in [-0.1, -0.05) is 6.92 Å². The summed E-state index contributed by atoms with van der Waals surface area (Å²) in [4.78, 5) is 14.6. The van der Waals surface area contributed by atoms with E-state index in [9.17, 15) is 4.79 Å². The Bertz CT molecular complexity index is 254. The minimum absolute atomic E-state index is 0.157.